The predicted molar refractivity (Wildman–Crippen MR) is 65.5 cm³/mol. The van der Waals surface area contributed by atoms with Crippen molar-refractivity contribution in [3.8, 4) is 0 Å². The summed E-state index contributed by atoms with van der Waals surface area (Å²) in [6.45, 7) is -2.39. The molecular formula is C13H16F4N2. The summed E-state index contributed by atoms with van der Waals surface area (Å²) in [4.78, 5) is 0. The molecule has 1 heterocycles. The third-order valence-electron chi connectivity index (χ3n) is 3.72. The topological polar surface area (TPSA) is 38.0 Å². The largest absolute Gasteiger partial charge is 0.399 e. The van der Waals surface area contributed by atoms with Gasteiger partial charge in [0.05, 0.1) is 5.54 Å². The van der Waals surface area contributed by atoms with Crippen LogP contribution in [0.25, 0.3) is 0 Å². The van der Waals surface area contributed by atoms with Crippen LogP contribution < -0.4 is 11.1 Å². The van der Waals surface area contributed by atoms with Crippen LogP contribution in [0.5, 0.6) is 0 Å². The maximum atomic E-state index is 13.8. The lowest BCUT2D eigenvalue weighted by Crippen LogP contribution is -2.56. The molecule has 1 saturated heterocycles. The number of anilines is 1. The number of nitrogen functional groups attached to an aromatic ring is 1. The van der Waals surface area contributed by atoms with Gasteiger partial charge in [0.15, 0.2) is 5.67 Å². The molecular weight excluding hydrogens is 260 g/mol. The van der Waals surface area contributed by atoms with Gasteiger partial charge in [0, 0.05) is 17.8 Å². The van der Waals surface area contributed by atoms with Gasteiger partial charge in [-0.1, -0.05) is 0 Å². The van der Waals surface area contributed by atoms with E-state index < -0.39 is 30.4 Å². The standard InChI is InChI=1S/C13H16F4N2/c14-6-12(17)3-4-13(7-15,19-8-12)10-5-9(18)1-2-11(10)16/h1-2,5,19H,3-4,6-8,18H2/t12?,13-/m1/s1. The summed E-state index contributed by atoms with van der Waals surface area (Å²) in [6.07, 6.45) is -0.182. The molecule has 2 nitrogen and oxygen atoms in total. The van der Waals surface area contributed by atoms with Gasteiger partial charge in [0.1, 0.15) is 19.2 Å². The van der Waals surface area contributed by atoms with Crippen molar-refractivity contribution in [1.82, 2.24) is 5.32 Å². The molecule has 106 valence electrons. The highest BCUT2D eigenvalue weighted by molar-refractivity contribution is 5.44. The van der Waals surface area contributed by atoms with E-state index in [1.165, 1.54) is 12.1 Å². The first-order valence-electron chi connectivity index (χ1n) is 6.06. The molecule has 1 unspecified atom stereocenters. The monoisotopic (exact) mass is 276 g/mol. The lowest BCUT2D eigenvalue weighted by Gasteiger charge is -2.42. The Morgan fingerprint density at radius 2 is 1.95 bits per heavy atom. The number of nitrogens with one attached hydrogen (secondary N) is 1. The summed E-state index contributed by atoms with van der Waals surface area (Å²) < 4.78 is 53.6. The van der Waals surface area contributed by atoms with Crippen LogP contribution in [0.1, 0.15) is 18.4 Å². The van der Waals surface area contributed by atoms with Gasteiger partial charge in [-0.25, -0.2) is 17.6 Å². The van der Waals surface area contributed by atoms with Gasteiger partial charge in [-0.3, -0.25) is 0 Å². The van der Waals surface area contributed by atoms with E-state index in [9.17, 15) is 17.6 Å². The fourth-order valence-corrected chi connectivity index (χ4v) is 2.38. The van der Waals surface area contributed by atoms with Crippen LogP contribution in [0.3, 0.4) is 0 Å². The molecule has 1 aromatic rings. The lowest BCUT2D eigenvalue weighted by atomic mass is 9.79. The fraction of sp³-hybridized carbons (Fsp3) is 0.538. The first-order valence-corrected chi connectivity index (χ1v) is 6.06. The van der Waals surface area contributed by atoms with Crippen molar-refractivity contribution in [3.63, 3.8) is 0 Å². The van der Waals surface area contributed by atoms with Crippen LogP contribution in [-0.4, -0.2) is 25.6 Å². The summed E-state index contributed by atoms with van der Waals surface area (Å²) in [5.74, 6) is -0.606. The van der Waals surface area contributed by atoms with Crippen molar-refractivity contribution in [2.45, 2.75) is 24.0 Å². The van der Waals surface area contributed by atoms with Crippen LogP contribution in [0.2, 0.25) is 0 Å². The van der Waals surface area contributed by atoms with Gasteiger partial charge in [0.2, 0.25) is 0 Å². The molecule has 1 aliphatic heterocycles. The van der Waals surface area contributed by atoms with Crippen LogP contribution in [0.15, 0.2) is 18.2 Å². The van der Waals surface area contributed by atoms with Gasteiger partial charge in [-0.2, -0.15) is 0 Å². The van der Waals surface area contributed by atoms with E-state index in [0.717, 1.165) is 6.07 Å². The molecule has 1 aromatic carbocycles. The molecule has 2 atom stereocenters. The molecule has 1 aliphatic rings. The Labute approximate surface area is 109 Å². The second-order valence-electron chi connectivity index (χ2n) is 5.09. The number of nitrogens with two attached hydrogens (primary N) is 1. The Morgan fingerprint density at radius 1 is 1.21 bits per heavy atom. The maximum absolute atomic E-state index is 13.8. The van der Waals surface area contributed by atoms with Crippen molar-refractivity contribution < 1.29 is 17.6 Å². The Hall–Kier alpha value is -1.30. The summed E-state index contributed by atoms with van der Waals surface area (Å²) in [7, 11) is 0. The zero-order chi connectivity index (χ0) is 14.1. The molecule has 0 amide bonds. The highest BCUT2D eigenvalue weighted by Gasteiger charge is 2.45. The lowest BCUT2D eigenvalue weighted by molar-refractivity contribution is 0.0359. The van der Waals surface area contributed by atoms with E-state index in [4.69, 9.17) is 5.73 Å². The predicted octanol–water partition coefficient (Wildman–Crippen LogP) is 2.63. The number of alkyl halides is 3. The highest BCUT2D eigenvalue weighted by Crippen LogP contribution is 2.38. The zero-order valence-electron chi connectivity index (χ0n) is 10.4. The molecule has 2 rings (SSSR count). The van der Waals surface area contributed by atoms with Crippen molar-refractivity contribution in [1.29, 1.82) is 0 Å². The second kappa shape index (κ2) is 5.00. The molecule has 6 heteroatoms. The molecule has 0 saturated carbocycles. The molecule has 1 fully saturated rings. The van der Waals surface area contributed by atoms with Gasteiger partial charge in [-0.15, -0.1) is 0 Å². The summed E-state index contributed by atoms with van der Waals surface area (Å²) in [6, 6.07) is 3.85. The average Bonchev–Trinajstić information content (AvgIpc) is 2.43. The maximum Gasteiger partial charge on any atom is 0.151 e. The Morgan fingerprint density at radius 3 is 2.47 bits per heavy atom. The number of rotatable bonds is 3. The molecule has 0 radical (unpaired) electrons. The molecule has 0 aliphatic carbocycles. The van der Waals surface area contributed by atoms with E-state index in [-0.39, 0.29) is 24.9 Å². The van der Waals surface area contributed by atoms with Crippen LogP contribution >= 0.6 is 0 Å². The van der Waals surface area contributed by atoms with E-state index in [2.05, 4.69) is 5.32 Å². The number of hydrogen-bond acceptors (Lipinski definition) is 2. The Balaban J connectivity index is 2.32. The van der Waals surface area contributed by atoms with Crippen molar-refractivity contribution in [3.05, 3.63) is 29.6 Å². The summed E-state index contributed by atoms with van der Waals surface area (Å²) in [5, 5.41) is 2.62. The molecule has 0 aromatic heterocycles. The quantitative estimate of drug-likeness (QED) is 0.658. The summed E-state index contributed by atoms with van der Waals surface area (Å²) >= 11 is 0. The molecule has 19 heavy (non-hydrogen) atoms. The third-order valence-corrected chi connectivity index (χ3v) is 3.72. The average molecular weight is 276 g/mol. The van der Waals surface area contributed by atoms with E-state index in [1.807, 2.05) is 0 Å². The number of benzene rings is 1. The first kappa shape index (κ1) is 14.1. The van der Waals surface area contributed by atoms with Crippen LogP contribution in [0.4, 0.5) is 23.2 Å². The summed E-state index contributed by atoms with van der Waals surface area (Å²) in [5.41, 5.74) is 2.61. The number of piperidine rings is 1. The fourth-order valence-electron chi connectivity index (χ4n) is 2.38. The van der Waals surface area contributed by atoms with Gasteiger partial charge in [0.25, 0.3) is 0 Å². The Bertz CT molecular complexity index is 456. The number of halogens is 4. The number of hydrogen-bond donors (Lipinski definition) is 2. The van der Waals surface area contributed by atoms with Crippen molar-refractivity contribution >= 4 is 5.69 Å². The minimum atomic E-state index is -2.00. The minimum absolute atomic E-state index is 0.0235. The van der Waals surface area contributed by atoms with Crippen molar-refractivity contribution in [2.75, 3.05) is 25.6 Å². The van der Waals surface area contributed by atoms with Gasteiger partial charge >= 0.3 is 0 Å². The van der Waals surface area contributed by atoms with Crippen molar-refractivity contribution in [2.24, 2.45) is 0 Å². The SMILES string of the molecule is Nc1ccc(F)c([C@]2(CF)CCC(F)(CF)CN2)c1. The molecule has 3 N–H and O–H groups in total. The third kappa shape index (κ3) is 2.54. The van der Waals surface area contributed by atoms with Gasteiger partial charge in [-0.05, 0) is 31.0 Å². The minimum Gasteiger partial charge on any atom is -0.399 e. The highest BCUT2D eigenvalue weighted by atomic mass is 19.2. The van der Waals surface area contributed by atoms with Crippen LogP contribution in [-0.2, 0) is 5.54 Å². The zero-order valence-corrected chi connectivity index (χ0v) is 10.4. The normalized spacial score (nSPS) is 31.4. The van der Waals surface area contributed by atoms with E-state index in [1.54, 1.807) is 0 Å². The Kier molecular flexibility index (Phi) is 3.71. The van der Waals surface area contributed by atoms with E-state index in [0.29, 0.717) is 5.69 Å². The molecule has 0 bridgehead atoms. The first-order chi connectivity index (χ1) is 8.95. The smallest absolute Gasteiger partial charge is 0.151 e. The second-order valence-corrected chi connectivity index (χ2v) is 5.09. The van der Waals surface area contributed by atoms with Crippen LogP contribution in [0, 0.1) is 5.82 Å². The van der Waals surface area contributed by atoms with E-state index >= 15 is 0 Å². The van der Waals surface area contributed by atoms with Gasteiger partial charge < -0.3 is 11.1 Å². The molecule has 0 spiro atoms.